The minimum Gasteiger partial charge on any atom is -0.384 e. The number of rotatable bonds is 0. The molecule has 1 heteroatoms. The van der Waals surface area contributed by atoms with Crippen molar-refractivity contribution in [3.05, 3.63) is 62.8 Å². The summed E-state index contributed by atoms with van der Waals surface area (Å²) in [6, 6.07) is 13.1. The van der Waals surface area contributed by atoms with E-state index >= 15 is 0 Å². The molecule has 2 aromatic rings. The zero-order valence-electron chi connectivity index (χ0n) is 9.53. The normalized spacial score (nSPS) is 14.8. The summed E-state index contributed by atoms with van der Waals surface area (Å²) in [6.45, 7) is 1.05. The summed E-state index contributed by atoms with van der Waals surface area (Å²) >= 11 is 0. The van der Waals surface area contributed by atoms with Crippen LogP contribution in [-0.4, -0.2) is 6.54 Å². The van der Waals surface area contributed by atoms with Gasteiger partial charge in [-0.25, -0.2) is 0 Å². The first-order chi connectivity index (χ1) is 8.43. The highest BCUT2D eigenvalue weighted by molar-refractivity contribution is 5.72. The first-order valence-electron chi connectivity index (χ1n) is 6.12. The molecule has 0 radical (unpaired) electrons. The van der Waals surface area contributed by atoms with E-state index in [1.165, 1.54) is 32.1 Å². The molecule has 0 saturated heterocycles. The molecule has 82 valence electrons. The highest BCUT2D eigenvalue weighted by atomic mass is 14.9. The second kappa shape index (κ2) is 3.24. The van der Waals surface area contributed by atoms with Gasteiger partial charge < -0.3 is 5.32 Å². The van der Waals surface area contributed by atoms with Crippen molar-refractivity contribution in [2.75, 3.05) is 11.9 Å². The van der Waals surface area contributed by atoms with Crippen LogP contribution in [0.15, 0.2) is 36.4 Å². The van der Waals surface area contributed by atoms with E-state index in [9.17, 15) is 0 Å². The van der Waals surface area contributed by atoms with Crippen molar-refractivity contribution in [1.29, 1.82) is 0 Å². The molecule has 0 atom stereocenters. The van der Waals surface area contributed by atoms with Gasteiger partial charge in [0.05, 0.1) is 0 Å². The summed E-state index contributed by atoms with van der Waals surface area (Å²) in [5, 5.41) is 8.94. The van der Waals surface area contributed by atoms with E-state index in [1.807, 2.05) is 0 Å². The van der Waals surface area contributed by atoms with Gasteiger partial charge in [-0.3, -0.25) is 0 Å². The lowest BCUT2D eigenvalue weighted by Crippen LogP contribution is -2.19. The van der Waals surface area contributed by atoms with Crippen molar-refractivity contribution in [2.45, 2.75) is 6.42 Å². The van der Waals surface area contributed by atoms with Crippen molar-refractivity contribution >= 4 is 17.8 Å². The monoisotopic (exact) mass is 219 g/mol. The van der Waals surface area contributed by atoms with Gasteiger partial charge in [0, 0.05) is 17.8 Å². The Morgan fingerprint density at radius 1 is 0.882 bits per heavy atom. The maximum Gasteiger partial charge on any atom is 0.0490 e. The molecule has 0 bridgehead atoms. The quantitative estimate of drug-likeness (QED) is 0.607. The molecular formula is C16H13N. The summed E-state index contributed by atoms with van der Waals surface area (Å²) in [7, 11) is 0. The molecule has 2 aromatic carbocycles. The molecule has 1 nitrogen and oxygen atoms in total. The Balaban J connectivity index is 2.25. The van der Waals surface area contributed by atoms with Crippen molar-refractivity contribution in [3.63, 3.8) is 0 Å². The number of benzene rings is 2. The number of hydrogen-bond donors (Lipinski definition) is 1. The second-order valence-corrected chi connectivity index (χ2v) is 4.64. The molecule has 1 heterocycles. The van der Waals surface area contributed by atoms with Crippen LogP contribution in [0.2, 0.25) is 0 Å². The lowest BCUT2D eigenvalue weighted by atomic mass is 10.1. The Morgan fingerprint density at radius 2 is 1.82 bits per heavy atom. The van der Waals surface area contributed by atoms with Gasteiger partial charge in [-0.05, 0) is 33.4 Å². The van der Waals surface area contributed by atoms with E-state index in [2.05, 4.69) is 53.9 Å². The van der Waals surface area contributed by atoms with E-state index in [0.29, 0.717) is 0 Å². The van der Waals surface area contributed by atoms with Gasteiger partial charge in [0.1, 0.15) is 0 Å². The molecule has 2 aliphatic rings. The van der Waals surface area contributed by atoms with Gasteiger partial charge in [-0.1, -0.05) is 42.5 Å². The van der Waals surface area contributed by atoms with Crippen LogP contribution in [0.4, 0.5) is 5.69 Å². The summed E-state index contributed by atoms with van der Waals surface area (Å²) < 4.78 is 0. The third-order valence-electron chi connectivity index (χ3n) is 3.64. The third-order valence-corrected chi connectivity index (χ3v) is 3.64. The summed E-state index contributed by atoms with van der Waals surface area (Å²) in [6.07, 6.45) is 5.75. The lowest BCUT2D eigenvalue weighted by Gasteiger charge is -2.14. The third kappa shape index (κ3) is 1.19. The van der Waals surface area contributed by atoms with E-state index in [4.69, 9.17) is 0 Å². The van der Waals surface area contributed by atoms with Gasteiger partial charge in [-0.15, -0.1) is 0 Å². The van der Waals surface area contributed by atoms with Crippen LogP contribution in [0.5, 0.6) is 0 Å². The molecule has 0 spiro atoms. The van der Waals surface area contributed by atoms with E-state index in [1.54, 1.807) is 0 Å². The Hall–Kier alpha value is -2.02. The van der Waals surface area contributed by atoms with E-state index in [0.717, 1.165) is 13.0 Å². The molecule has 17 heavy (non-hydrogen) atoms. The predicted molar refractivity (Wildman–Crippen MR) is 70.9 cm³/mol. The molecule has 0 saturated carbocycles. The van der Waals surface area contributed by atoms with E-state index < -0.39 is 0 Å². The van der Waals surface area contributed by atoms with Gasteiger partial charge in [0.15, 0.2) is 0 Å². The zero-order chi connectivity index (χ0) is 11.2. The molecule has 1 aliphatic carbocycles. The van der Waals surface area contributed by atoms with Crippen LogP contribution in [0, 0.1) is 10.4 Å². The molecule has 0 aromatic heterocycles. The van der Waals surface area contributed by atoms with Crippen LogP contribution in [-0.2, 0) is 0 Å². The van der Waals surface area contributed by atoms with Crippen molar-refractivity contribution in [2.24, 2.45) is 0 Å². The standard InChI is InChI=1S/C16H13N/c1-2-6-13-12(4-1)10-15-14(13)8-7-11-5-3-9-17-16(11)15/h1-2,4-8,10,17H,3,9H2. The average molecular weight is 219 g/mol. The Bertz CT molecular complexity index is 816. The Kier molecular flexibility index (Phi) is 1.72. The topological polar surface area (TPSA) is 12.0 Å². The number of anilines is 1. The highest BCUT2D eigenvalue weighted by Crippen LogP contribution is 2.18. The second-order valence-electron chi connectivity index (χ2n) is 4.64. The van der Waals surface area contributed by atoms with Gasteiger partial charge in [0.2, 0.25) is 0 Å². The fourth-order valence-corrected chi connectivity index (χ4v) is 2.84. The SMILES string of the molecule is C1=c2ccc3c(c2NCC1)C=c1ccccc1=3. The maximum absolute atomic E-state index is 3.54. The smallest absolute Gasteiger partial charge is 0.0490 e. The molecule has 0 amide bonds. The highest BCUT2D eigenvalue weighted by Gasteiger charge is 2.10. The Labute approximate surface area is 99.4 Å². The zero-order valence-corrected chi connectivity index (χ0v) is 9.53. The summed E-state index contributed by atoms with van der Waals surface area (Å²) in [5.41, 5.74) is 2.67. The van der Waals surface area contributed by atoms with Crippen LogP contribution in [0.25, 0.3) is 12.2 Å². The van der Waals surface area contributed by atoms with Crippen LogP contribution in [0.3, 0.4) is 0 Å². The van der Waals surface area contributed by atoms with Crippen molar-refractivity contribution in [1.82, 2.24) is 0 Å². The predicted octanol–water partition coefficient (Wildman–Crippen LogP) is 1.71. The first kappa shape index (κ1) is 9.06. The lowest BCUT2D eigenvalue weighted by molar-refractivity contribution is 1.07. The largest absolute Gasteiger partial charge is 0.384 e. The summed E-state index contributed by atoms with van der Waals surface area (Å²) in [4.78, 5) is 0. The number of hydrogen-bond acceptors (Lipinski definition) is 1. The number of nitrogens with one attached hydrogen (secondary N) is 1. The minimum atomic E-state index is 1.05. The van der Waals surface area contributed by atoms with Crippen molar-refractivity contribution in [3.8, 4) is 0 Å². The maximum atomic E-state index is 3.54. The van der Waals surface area contributed by atoms with Gasteiger partial charge >= 0.3 is 0 Å². The molecular weight excluding hydrogens is 206 g/mol. The molecule has 1 aliphatic heterocycles. The van der Waals surface area contributed by atoms with Gasteiger partial charge in [0.25, 0.3) is 0 Å². The minimum absolute atomic E-state index is 1.05. The molecule has 0 unspecified atom stereocenters. The average Bonchev–Trinajstić information content (AvgIpc) is 2.78. The van der Waals surface area contributed by atoms with Crippen LogP contribution >= 0.6 is 0 Å². The first-order valence-corrected chi connectivity index (χ1v) is 6.12. The number of fused-ring (bicyclic) bond motifs is 4. The fourth-order valence-electron chi connectivity index (χ4n) is 2.84. The fraction of sp³-hybridized carbons (Fsp3) is 0.125. The molecule has 1 N–H and O–H groups in total. The summed E-state index contributed by atoms with van der Waals surface area (Å²) in [5.74, 6) is 0. The molecule has 4 rings (SSSR count). The van der Waals surface area contributed by atoms with Gasteiger partial charge in [-0.2, -0.15) is 0 Å². The molecule has 0 fully saturated rings. The van der Waals surface area contributed by atoms with Crippen LogP contribution < -0.4 is 15.8 Å². The Morgan fingerprint density at radius 3 is 2.82 bits per heavy atom. The van der Waals surface area contributed by atoms with Crippen molar-refractivity contribution < 1.29 is 0 Å². The van der Waals surface area contributed by atoms with Crippen LogP contribution in [0.1, 0.15) is 12.0 Å². The van der Waals surface area contributed by atoms with E-state index in [-0.39, 0.29) is 0 Å².